The maximum Gasteiger partial charge on any atom is 0.309 e. The Morgan fingerprint density at radius 2 is 1.79 bits per heavy atom. The fourth-order valence-corrected chi connectivity index (χ4v) is 3.64. The highest BCUT2D eigenvalue weighted by Crippen LogP contribution is 2.20. The quantitative estimate of drug-likeness (QED) is 0.753. The van der Waals surface area contributed by atoms with Crippen molar-refractivity contribution in [2.45, 2.75) is 47.1 Å². The zero-order valence-corrected chi connectivity index (χ0v) is 16.9. The highest BCUT2D eigenvalue weighted by Gasteiger charge is 2.28. The molecule has 1 amide bonds. The van der Waals surface area contributed by atoms with Crippen LogP contribution >= 0.6 is 0 Å². The van der Waals surface area contributed by atoms with E-state index in [4.69, 9.17) is 4.74 Å². The van der Waals surface area contributed by atoms with Gasteiger partial charge in [-0.3, -0.25) is 19.0 Å². The maximum atomic E-state index is 12.9. The molecule has 1 aromatic heterocycles. The Morgan fingerprint density at radius 1 is 1.14 bits per heavy atom. The van der Waals surface area contributed by atoms with Gasteiger partial charge in [-0.15, -0.1) is 0 Å². The largest absolute Gasteiger partial charge is 0.466 e. The summed E-state index contributed by atoms with van der Waals surface area (Å²) in [6.45, 7) is 8.78. The molecule has 7 nitrogen and oxygen atoms in total. The molecule has 0 bridgehead atoms. The van der Waals surface area contributed by atoms with Gasteiger partial charge in [0.1, 0.15) is 12.2 Å². The van der Waals surface area contributed by atoms with Crippen LogP contribution in [0.3, 0.4) is 0 Å². The zero-order chi connectivity index (χ0) is 20.4. The number of amides is 1. The van der Waals surface area contributed by atoms with Crippen molar-refractivity contribution in [3.05, 3.63) is 39.3 Å². The summed E-state index contributed by atoms with van der Waals surface area (Å²) in [5.41, 5.74) is 3.67. The molecule has 1 aliphatic heterocycles. The first-order valence-corrected chi connectivity index (χ1v) is 9.74. The summed E-state index contributed by atoms with van der Waals surface area (Å²) in [7, 11) is 0. The lowest BCUT2D eigenvalue weighted by molar-refractivity contribution is -0.151. The number of hydrogen-bond acceptors (Lipinski definition) is 5. The number of nitrogens with zero attached hydrogens (tertiary/aromatic N) is 3. The van der Waals surface area contributed by atoms with E-state index in [1.807, 2.05) is 26.0 Å². The van der Waals surface area contributed by atoms with E-state index >= 15 is 0 Å². The molecular formula is C21H27N3O4. The molecule has 1 aromatic carbocycles. The average Bonchev–Trinajstić information content (AvgIpc) is 2.67. The second-order valence-corrected chi connectivity index (χ2v) is 7.42. The number of hydrogen-bond donors (Lipinski definition) is 0. The molecule has 2 aromatic rings. The highest BCUT2D eigenvalue weighted by atomic mass is 16.5. The first-order valence-electron chi connectivity index (χ1n) is 9.74. The lowest BCUT2D eigenvalue weighted by Gasteiger charge is -2.31. The molecule has 0 saturated carbocycles. The monoisotopic (exact) mass is 385 g/mol. The molecule has 0 aliphatic carbocycles. The topological polar surface area (TPSA) is 81.5 Å². The van der Waals surface area contributed by atoms with Crippen LogP contribution in [0.2, 0.25) is 0 Å². The van der Waals surface area contributed by atoms with Crippen molar-refractivity contribution in [1.29, 1.82) is 0 Å². The SMILES string of the molecule is CCOC(=O)C1CCN(C(=O)Cn2c(=O)c(C)nc3cc(C)c(C)cc32)CC1. The molecule has 1 fully saturated rings. The molecular weight excluding hydrogens is 358 g/mol. The van der Waals surface area contributed by atoms with Gasteiger partial charge in [-0.05, 0) is 63.8 Å². The van der Waals surface area contributed by atoms with Crippen molar-refractivity contribution < 1.29 is 14.3 Å². The van der Waals surface area contributed by atoms with Gasteiger partial charge in [-0.1, -0.05) is 0 Å². The zero-order valence-electron chi connectivity index (χ0n) is 16.9. The van der Waals surface area contributed by atoms with Crippen molar-refractivity contribution in [2.24, 2.45) is 5.92 Å². The second kappa shape index (κ2) is 8.12. The van der Waals surface area contributed by atoms with Crippen LogP contribution in [-0.2, 0) is 20.9 Å². The van der Waals surface area contributed by atoms with Crippen LogP contribution in [0.15, 0.2) is 16.9 Å². The first kappa shape index (κ1) is 20.0. The fraction of sp³-hybridized carbons (Fsp3) is 0.524. The van der Waals surface area contributed by atoms with Gasteiger partial charge >= 0.3 is 5.97 Å². The minimum absolute atomic E-state index is 0.0226. The average molecular weight is 385 g/mol. The summed E-state index contributed by atoms with van der Waals surface area (Å²) in [4.78, 5) is 43.5. The summed E-state index contributed by atoms with van der Waals surface area (Å²) < 4.78 is 6.59. The number of carbonyl (C=O) groups is 2. The maximum absolute atomic E-state index is 12.9. The van der Waals surface area contributed by atoms with Gasteiger partial charge in [0.05, 0.1) is 23.6 Å². The number of piperidine rings is 1. The van der Waals surface area contributed by atoms with Crippen LogP contribution in [0.1, 0.15) is 36.6 Å². The van der Waals surface area contributed by atoms with Crippen LogP contribution < -0.4 is 5.56 Å². The Bertz CT molecular complexity index is 972. The third-order valence-electron chi connectivity index (χ3n) is 5.49. The minimum atomic E-state index is -0.245. The van der Waals surface area contributed by atoms with Crippen molar-refractivity contribution in [3.8, 4) is 0 Å². The molecule has 0 radical (unpaired) electrons. The van der Waals surface area contributed by atoms with Crippen molar-refractivity contribution in [1.82, 2.24) is 14.5 Å². The van der Waals surface area contributed by atoms with Gasteiger partial charge in [0, 0.05) is 13.1 Å². The highest BCUT2D eigenvalue weighted by molar-refractivity contribution is 5.81. The molecule has 3 rings (SSSR count). The van der Waals surface area contributed by atoms with E-state index in [9.17, 15) is 14.4 Å². The van der Waals surface area contributed by atoms with Crippen molar-refractivity contribution in [2.75, 3.05) is 19.7 Å². The van der Waals surface area contributed by atoms with Crippen LogP contribution in [0, 0.1) is 26.7 Å². The Balaban J connectivity index is 1.80. The van der Waals surface area contributed by atoms with E-state index in [2.05, 4.69) is 4.98 Å². The number of aromatic nitrogens is 2. The molecule has 1 saturated heterocycles. The van der Waals surface area contributed by atoms with E-state index < -0.39 is 0 Å². The van der Waals surface area contributed by atoms with Crippen molar-refractivity contribution >= 4 is 22.9 Å². The summed E-state index contributed by atoms with van der Waals surface area (Å²) >= 11 is 0. The first-order chi connectivity index (χ1) is 13.3. The van der Waals surface area contributed by atoms with E-state index in [1.165, 1.54) is 4.57 Å². The molecule has 0 unspecified atom stereocenters. The minimum Gasteiger partial charge on any atom is -0.466 e. The lowest BCUT2D eigenvalue weighted by Crippen LogP contribution is -2.43. The van der Waals surface area contributed by atoms with Gasteiger partial charge in [0.15, 0.2) is 0 Å². The predicted molar refractivity (Wildman–Crippen MR) is 106 cm³/mol. The number of ether oxygens (including phenoxy) is 1. The summed E-state index contributed by atoms with van der Waals surface area (Å²) in [6.07, 6.45) is 1.18. The van der Waals surface area contributed by atoms with Gasteiger partial charge < -0.3 is 9.64 Å². The van der Waals surface area contributed by atoms with E-state index in [-0.39, 0.29) is 29.9 Å². The molecule has 0 spiro atoms. The summed E-state index contributed by atoms with van der Waals surface area (Å²) in [5, 5.41) is 0. The molecule has 7 heteroatoms. The molecule has 0 N–H and O–H groups in total. The van der Waals surface area contributed by atoms with E-state index in [0.29, 0.717) is 49.3 Å². The molecule has 150 valence electrons. The molecule has 0 atom stereocenters. The Hall–Kier alpha value is -2.70. The standard InChI is InChI=1S/C21H27N3O4/c1-5-28-21(27)16-6-8-23(9-7-16)19(25)12-24-18-11-14(3)13(2)10-17(18)22-15(4)20(24)26/h10-11,16H,5-9,12H2,1-4H3. The number of esters is 1. The normalized spacial score (nSPS) is 15.1. The predicted octanol–water partition coefficient (Wildman–Crippen LogP) is 2.12. The van der Waals surface area contributed by atoms with Crippen LogP contribution in [0.25, 0.3) is 11.0 Å². The van der Waals surface area contributed by atoms with Gasteiger partial charge in [0.25, 0.3) is 5.56 Å². The molecule has 2 heterocycles. The Morgan fingerprint density at radius 3 is 2.43 bits per heavy atom. The van der Waals surface area contributed by atoms with Crippen LogP contribution in [-0.4, -0.2) is 46.0 Å². The van der Waals surface area contributed by atoms with Crippen molar-refractivity contribution in [3.63, 3.8) is 0 Å². The number of aryl methyl sites for hydroxylation is 3. The number of fused-ring (bicyclic) bond motifs is 1. The fourth-order valence-electron chi connectivity index (χ4n) is 3.64. The molecule has 1 aliphatic rings. The number of benzene rings is 1. The third-order valence-corrected chi connectivity index (χ3v) is 5.49. The number of likely N-dealkylation sites (tertiary alicyclic amines) is 1. The third kappa shape index (κ3) is 3.93. The van der Waals surface area contributed by atoms with E-state index in [0.717, 1.165) is 11.1 Å². The smallest absolute Gasteiger partial charge is 0.309 e. The summed E-state index contributed by atoms with van der Waals surface area (Å²) in [5.74, 6) is -0.455. The van der Waals surface area contributed by atoms with Gasteiger partial charge in [-0.25, -0.2) is 4.98 Å². The van der Waals surface area contributed by atoms with Gasteiger partial charge in [0.2, 0.25) is 5.91 Å². The van der Waals surface area contributed by atoms with Crippen LogP contribution in [0.4, 0.5) is 0 Å². The Kier molecular flexibility index (Phi) is 5.82. The Labute approximate surface area is 164 Å². The van der Waals surface area contributed by atoms with E-state index in [1.54, 1.807) is 18.7 Å². The number of rotatable bonds is 4. The molecule has 28 heavy (non-hydrogen) atoms. The summed E-state index contributed by atoms with van der Waals surface area (Å²) in [6, 6.07) is 3.86. The lowest BCUT2D eigenvalue weighted by atomic mass is 9.97. The second-order valence-electron chi connectivity index (χ2n) is 7.42. The number of carbonyl (C=O) groups excluding carboxylic acids is 2. The van der Waals surface area contributed by atoms with Gasteiger partial charge in [-0.2, -0.15) is 0 Å². The van der Waals surface area contributed by atoms with Crippen LogP contribution in [0.5, 0.6) is 0 Å².